The maximum Gasteiger partial charge on any atom is 0.185 e. The smallest absolute Gasteiger partial charge is 0.185 e. The minimum absolute atomic E-state index is 0.0694. The van der Waals surface area contributed by atoms with Gasteiger partial charge in [-0.3, -0.25) is 4.79 Å². The summed E-state index contributed by atoms with van der Waals surface area (Å²) in [7, 11) is 0. The van der Waals surface area contributed by atoms with Crippen molar-refractivity contribution < 1.29 is 9.18 Å². The third-order valence-electron chi connectivity index (χ3n) is 1.23. The molecule has 1 aromatic rings. The van der Waals surface area contributed by atoms with E-state index >= 15 is 0 Å². The second-order valence-corrected chi connectivity index (χ2v) is 3.35. The monoisotopic (exact) mass is 197 g/mol. The molecule has 0 saturated carbocycles. The number of carbonyl (C=O) groups is 1. The molecule has 0 heterocycles. The SMILES string of the molecule is CC(=O)[SH]=C=Nc1ccccc1F. The van der Waals surface area contributed by atoms with Crippen LogP contribution in [0.5, 0.6) is 0 Å². The molecule has 1 aromatic carbocycles. The topological polar surface area (TPSA) is 29.4 Å². The highest BCUT2D eigenvalue weighted by Crippen LogP contribution is 2.15. The van der Waals surface area contributed by atoms with Crippen LogP contribution in [-0.4, -0.2) is 10.3 Å². The number of aliphatic imine (C=N–C) groups is 1. The molecule has 0 spiro atoms. The number of halogens is 1. The number of para-hydroxylation sites is 1. The predicted molar refractivity (Wildman–Crippen MR) is 53.2 cm³/mol. The molecule has 0 amide bonds. The largest absolute Gasteiger partial charge is 0.288 e. The van der Waals surface area contributed by atoms with Gasteiger partial charge in [0.05, 0.1) is 0 Å². The van der Waals surface area contributed by atoms with Gasteiger partial charge in [0.15, 0.2) is 5.12 Å². The number of thiol groups is 1. The normalized spacial score (nSPS) is 9.08. The zero-order valence-corrected chi connectivity index (χ0v) is 7.88. The van der Waals surface area contributed by atoms with Crippen molar-refractivity contribution in [2.75, 3.05) is 0 Å². The van der Waals surface area contributed by atoms with Crippen LogP contribution < -0.4 is 0 Å². The van der Waals surface area contributed by atoms with E-state index in [1.165, 1.54) is 19.1 Å². The van der Waals surface area contributed by atoms with E-state index in [2.05, 4.69) is 10.2 Å². The van der Waals surface area contributed by atoms with Crippen molar-refractivity contribution in [1.82, 2.24) is 0 Å². The third-order valence-corrected chi connectivity index (χ3v) is 1.75. The Balaban J connectivity index is 2.92. The van der Waals surface area contributed by atoms with Crippen LogP contribution in [0.25, 0.3) is 0 Å². The molecule has 0 aliphatic rings. The lowest BCUT2D eigenvalue weighted by molar-refractivity contribution is -0.109. The van der Waals surface area contributed by atoms with Crippen LogP contribution in [0.3, 0.4) is 0 Å². The quantitative estimate of drug-likeness (QED) is 0.418. The molecule has 0 fully saturated rings. The summed E-state index contributed by atoms with van der Waals surface area (Å²) in [5, 5.41) is 2.38. The van der Waals surface area contributed by atoms with Crippen LogP contribution in [-0.2, 0) is 4.79 Å². The first-order valence-corrected chi connectivity index (χ1v) is 4.51. The average molecular weight is 197 g/mol. The van der Waals surface area contributed by atoms with Crippen molar-refractivity contribution in [2.45, 2.75) is 6.92 Å². The average Bonchev–Trinajstić information content (AvgIpc) is 2.08. The Morgan fingerprint density at radius 3 is 2.85 bits per heavy atom. The fourth-order valence-electron chi connectivity index (χ4n) is 0.692. The maximum absolute atomic E-state index is 12.9. The Labute approximate surface area is 79.1 Å². The molecule has 0 aromatic heterocycles. The van der Waals surface area contributed by atoms with Gasteiger partial charge in [0.2, 0.25) is 0 Å². The fraction of sp³-hybridized carbons (Fsp3) is 0.111. The van der Waals surface area contributed by atoms with Crippen LogP contribution >= 0.6 is 11.4 Å². The minimum Gasteiger partial charge on any atom is -0.288 e. The van der Waals surface area contributed by atoms with E-state index in [4.69, 9.17) is 0 Å². The van der Waals surface area contributed by atoms with Gasteiger partial charge >= 0.3 is 0 Å². The van der Waals surface area contributed by atoms with Crippen LogP contribution in [0.1, 0.15) is 6.92 Å². The third kappa shape index (κ3) is 3.32. The maximum atomic E-state index is 12.9. The highest BCUT2D eigenvalue weighted by molar-refractivity contribution is 8.11. The summed E-state index contributed by atoms with van der Waals surface area (Å²) in [6, 6.07) is 6.09. The Hall–Kier alpha value is -1.25. The second kappa shape index (κ2) is 4.70. The molecule has 0 N–H and O–H groups in total. The molecule has 68 valence electrons. The van der Waals surface area contributed by atoms with Crippen molar-refractivity contribution in [3.05, 3.63) is 30.1 Å². The van der Waals surface area contributed by atoms with Crippen molar-refractivity contribution in [3.63, 3.8) is 0 Å². The van der Waals surface area contributed by atoms with E-state index in [0.717, 1.165) is 0 Å². The first-order chi connectivity index (χ1) is 6.20. The van der Waals surface area contributed by atoms with E-state index in [0.29, 0.717) is 11.4 Å². The summed E-state index contributed by atoms with van der Waals surface area (Å²) < 4.78 is 12.9. The molecule has 13 heavy (non-hydrogen) atoms. The van der Waals surface area contributed by atoms with Gasteiger partial charge < -0.3 is 0 Å². The summed E-state index contributed by atoms with van der Waals surface area (Å²) in [5.41, 5.74) is 0.205. The number of isothiocyanates is 1. The van der Waals surface area contributed by atoms with Gasteiger partial charge in [-0.05, 0) is 12.1 Å². The van der Waals surface area contributed by atoms with Crippen molar-refractivity contribution >= 4 is 27.3 Å². The van der Waals surface area contributed by atoms with E-state index in [1.807, 2.05) is 0 Å². The first kappa shape index (κ1) is 9.84. The van der Waals surface area contributed by atoms with Crippen molar-refractivity contribution in [2.24, 2.45) is 4.99 Å². The Morgan fingerprint density at radius 2 is 2.23 bits per heavy atom. The standard InChI is InChI=1S/C9H8FNOS/c1-7(12)13-6-11-9-5-3-2-4-8(9)10/h2-5,13H,1H3. The predicted octanol–water partition coefficient (Wildman–Crippen LogP) is 2.37. The summed E-state index contributed by atoms with van der Waals surface area (Å²) in [5.74, 6) is -0.409. The van der Waals surface area contributed by atoms with Crippen LogP contribution in [0.4, 0.5) is 10.1 Å². The van der Waals surface area contributed by atoms with Gasteiger partial charge in [-0.25, -0.2) is 4.39 Å². The number of hydrogen-bond acceptors (Lipinski definition) is 2. The van der Waals surface area contributed by atoms with E-state index in [9.17, 15) is 9.18 Å². The van der Waals surface area contributed by atoms with Crippen LogP contribution in [0.2, 0.25) is 0 Å². The summed E-state index contributed by atoms with van der Waals surface area (Å²) >= 11 is 0.350. The summed E-state index contributed by atoms with van der Waals surface area (Å²) in [6.07, 6.45) is 0. The number of benzene rings is 1. The lowest BCUT2D eigenvalue weighted by atomic mass is 10.3. The minimum atomic E-state index is -0.409. The molecule has 0 aliphatic heterocycles. The molecule has 0 bridgehead atoms. The van der Waals surface area contributed by atoms with Crippen molar-refractivity contribution in [3.8, 4) is 0 Å². The molecule has 1 rings (SSSR count). The number of hydrogen-bond donors (Lipinski definition) is 1. The molecule has 0 unspecified atom stereocenters. The van der Waals surface area contributed by atoms with Gasteiger partial charge in [0.25, 0.3) is 0 Å². The van der Waals surface area contributed by atoms with E-state index in [-0.39, 0.29) is 10.8 Å². The Bertz CT molecular complexity index is 383. The highest BCUT2D eigenvalue weighted by atomic mass is 32.1. The molecule has 0 radical (unpaired) electrons. The lowest BCUT2D eigenvalue weighted by Crippen LogP contribution is -1.73. The second-order valence-electron chi connectivity index (χ2n) is 2.29. The highest BCUT2D eigenvalue weighted by Gasteiger charge is 1.94. The van der Waals surface area contributed by atoms with Crippen molar-refractivity contribution in [1.29, 1.82) is 0 Å². The van der Waals surface area contributed by atoms with E-state index < -0.39 is 5.82 Å². The Kier molecular flexibility index (Phi) is 3.55. The van der Waals surface area contributed by atoms with Gasteiger partial charge in [-0.15, -0.1) is 0 Å². The molecule has 0 aliphatic carbocycles. The summed E-state index contributed by atoms with van der Waals surface area (Å²) in [4.78, 5) is 14.2. The van der Waals surface area contributed by atoms with Gasteiger partial charge in [-0.1, -0.05) is 23.5 Å². The Morgan fingerprint density at radius 1 is 1.54 bits per heavy atom. The fourth-order valence-corrected chi connectivity index (χ4v) is 0.990. The summed E-state index contributed by atoms with van der Waals surface area (Å²) in [6.45, 7) is 1.42. The zero-order chi connectivity index (χ0) is 9.68. The number of rotatable bonds is 1. The van der Waals surface area contributed by atoms with Crippen LogP contribution in [0, 0.1) is 5.82 Å². The van der Waals surface area contributed by atoms with Gasteiger partial charge in [0, 0.05) is 12.1 Å². The molecular formula is C9H8FNOS. The van der Waals surface area contributed by atoms with Crippen LogP contribution in [0.15, 0.2) is 29.3 Å². The molecular weight excluding hydrogens is 189 g/mol. The van der Waals surface area contributed by atoms with Gasteiger partial charge in [0.1, 0.15) is 11.5 Å². The molecule has 0 atom stereocenters. The molecule has 2 nitrogen and oxygen atoms in total. The zero-order valence-electron chi connectivity index (χ0n) is 6.99. The number of carbonyl (C=O) groups excluding carboxylic acids is 1. The number of nitrogens with zero attached hydrogens (tertiary/aromatic N) is 1. The first-order valence-electron chi connectivity index (χ1n) is 3.61. The lowest BCUT2D eigenvalue weighted by Gasteiger charge is -1.90. The van der Waals surface area contributed by atoms with Gasteiger partial charge in [-0.2, -0.15) is 4.99 Å². The molecule has 4 heteroatoms. The molecule has 0 saturated heterocycles. The van der Waals surface area contributed by atoms with E-state index in [1.54, 1.807) is 12.1 Å².